The van der Waals surface area contributed by atoms with E-state index in [1.54, 1.807) is 36.5 Å². The summed E-state index contributed by atoms with van der Waals surface area (Å²) in [6, 6.07) is 8.35. The third kappa shape index (κ3) is 3.79. The first-order valence-corrected chi connectivity index (χ1v) is 6.40. The Hall–Kier alpha value is -2.89. The minimum Gasteiger partial charge on any atom is -0.504 e. The molecule has 2 N–H and O–H groups in total. The highest BCUT2D eigenvalue weighted by Crippen LogP contribution is 2.28. The first kappa shape index (κ1) is 14.5. The number of nitrogens with one attached hydrogen (secondary N) is 1. The predicted octanol–water partition coefficient (Wildman–Crippen LogP) is 1.95. The number of carbonyl (C=O) groups is 1. The lowest BCUT2D eigenvalue weighted by Crippen LogP contribution is -2.17. The van der Waals surface area contributed by atoms with Crippen LogP contribution in [0.25, 0.3) is 0 Å². The maximum absolute atomic E-state index is 11.7. The van der Waals surface area contributed by atoms with Crippen molar-refractivity contribution in [3.8, 4) is 11.5 Å². The molecule has 0 aliphatic carbocycles. The minimum absolute atomic E-state index is 0.0151. The Morgan fingerprint density at radius 1 is 1.43 bits per heavy atom. The summed E-state index contributed by atoms with van der Waals surface area (Å²) < 4.78 is 5.27. The standard InChI is InChI=1S/C15H15N3O3/c1-2-21-13-7-3-5-11(14(13)19)10-17-18-15(20)12-6-4-8-16-9-12/h3-10,19H,2H2,1H3,(H,18,20)/b17-10+. The summed E-state index contributed by atoms with van der Waals surface area (Å²) in [5, 5.41) is 13.8. The number of aromatic nitrogens is 1. The fraction of sp³-hybridized carbons (Fsp3) is 0.133. The molecule has 6 heteroatoms. The normalized spacial score (nSPS) is 10.5. The van der Waals surface area contributed by atoms with Crippen LogP contribution in [0.3, 0.4) is 0 Å². The molecule has 0 saturated heterocycles. The smallest absolute Gasteiger partial charge is 0.272 e. The Labute approximate surface area is 122 Å². The van der Waals surface area contributed by atoms with Crippen LogP contribution in [-0.4, -0.2) is 28.8 Å². The Bertz CT molecular complexity index is 642. The summed E-state index contributed by atoms with van der Waals surface area (Å²) in [5.41, 5.74) is 3.22. The zero-order chi connectivity index (χ0) is 15.1. The van der Waals surface area contributed by atoms with E-state index in [-0.39, 0.29) is 11.7 Å². The van der Waals surface area contributed by atoms with Gasteiger partial charge in [0.2, 0.25) is 0 Å². The van der Waals surface area contributed by atoms with Crippen LogP contribution in [0.4, 0.5) is 0 Å². The number of para-hydroxylation sites is 1. The fourth-order valence-electron chi connectivity index (χ4n) is 1.64. The van der Waals surface area contributed by atoms with Crippen molar-refractivity contribution in [3.05, 3.63) is 53.9 Å². The Balaban J connectivity index is 2.05. The van der Waals surface area contributed by atoms with Gasteiger partial charge in [-0.3, -0.25) is 9.78 Å². The lowest BCUT2D eigenvalue weighted by molar-refractivity contribution is 0.0954. The molecule has 1 amide bonds. The molecule has 0 aliphatic rings. The molecular formula is C15H15N3O3. The number of phenols is 1. The number of hydrogen-bond acceptors (Lipinski definition) is 5. The molecular weight excluding hydrogens is 270 g/mol. The van der Waals surface area contributed by atoms with Crippen molar-refractivity contribution in [2.24, 2.45) is 5.10 Å². The summed E-state index contributed by atoms with van der Waals surface area (Å²) in [4.78, 5) is 15.6. The SMILES string of the molecule is CCOc1cccc(/C=N/NC(=O)c2cccnc2)c1O. The second-order valence-corrected chi connectivity index (χ2v) is 4.07. The van der Waals surface area contributed by atoms with Crippen molar-refractivity contribution in [2.75, 3.05) is 6.61 Å². The van der Waals surface area contributed by atoms with Gasteiger partial charge in [0.05, 0.1) is 18.4 Å². The molecule has 0 unspecified atom stereocenters. The average Bonchev–Trinajstić information content (AvgIpc) is 2.52. The van der Waals surface area contributed by atoms with E-state index in [0.717, 1.165) is 0 Å². The topological polar surface area (TPSA) is 83.8 Å². The number of aromatic hydroxyl groups is 1. The van der Waals surface area contributed by atoms with E-state index in [1.807, 2.05) is 6.92 Å². The van der Waals surface area contributed by atoms with Gasteiger partial charge in [-0.15, -0.1) is 0 Å². The molecule has 0 spiro atoms. The van der Waals surface area contributed by atoms with Crippen LogP contribution in [0.5, 0.6) is 11.5 Å². The van der Waals surface area contributed by atoms with Gasteiger partial charge < -0.3 is 9.84 Å². The third-order valence-corrected chi connectivity index (χ3v) is 2.62. The maximum Gasteiger partial charge on any atom is 0.272 e. The lowest BCUT2D eigenvalue weighted by atomic mass is 10.2. The third-order valence-electron chi connectivity index (χ3n) is 2.62. The number of rotatable bonds is 5. The van der Waals surface area contributed by atoms with Crippen molar-refractivity contribution in [3.63, 3.8) is 0 Å². The molecule has 108 valence electrons. The van der Waals surface area contributed by atoms with Crippen LogP contribution in [0, 0.1) is 0 Å². The Morgan fingerprint density at radius 3 is 3.00 bits per heavy atom. The van der Waals surface area contributed by atoms with Crippen LogP contribution in [0.1, 0.15) is 22.8 Å². The van der Waals surface area contributed by atoms with E-state index < -0.39 is 0 Å². The number of phenolic OH excluding ortho intramolecular Hbond substituents is 1. The van der Waals surface area contributed by atoms with Crippen LogP contribution in [-0.2, 0) is 0 Å². The maximum atomic E-state index is 11.7. The zero-order valence-electron chi connectivity index (χ0n) is 11.5. The molecule has 0 aliphatic heterocycles. The fourth-order valence-corrected chi connectivity index (χ4v) is 1.64. The molecule has 1 aromatic carbocycles. The monoisotopic (exact) mass is 285 g/mol. The number of nitrogens with zero attached hydrogens (tertiary/aromatic N) is 2. The molecule has 0 radical (unpaired) electrons. The van der Waals surface area contributed by atoms with Gasteiger partial charge in [-0.05, 0) is 31.2 Å². The van der Waals surface area contributed by atoms with Gasteiger partial charge in [-0.2, -0.15) is 5.10 Å². The van der Waals surface area contributed by atoms with Gasteiger partial charge in [0.25, 0.3) is 5.91 Å². The number of pyridine rings is 1. The highest BCUT2D eigenvalue weighted by molar-refractivity contribution is 5.94. The molecule has 1 aromatic heterocycles. The first-order chi connectivity index (χ1) is 10.2. The van der Waals surface area contributed by atoms with Gasteiger partial charge >= 0.3 is 0 Å². The van der Waals surface area contributed by atoms with Crippen molar-refractivity contribution < 1.29 is 14.6 Å². The van der Waals surface area contributed by atoms with Crippen molar-refractivity contribution in [1.29, 1.82) is 0 Å². The number of hydrazone groups is 1. The van der Waals surface area contributed by atoms with E-state index in [9.17, 15) is 9.90 Å². The first-order valence-electron chi connectivity index (χ1n) is 6.40. The van der Waals surface area contributed by atoms with Crippen LogP contribution < -0.4 is 10.2 Å². The number of amides is 1. The molecule has 6 nitrogen and oxygen atoms in total. The van der Waals surface area contributed by atoms with E-state index >= 15 is 0 Å². The van der Waals surface area contributed by atoms with Gasteiger partial charge in [0.15, 0.2) is 11.5 Å². The summed E-state index contributed by atoms with van der Waals surface area (Å²) >= 11 is 0. The number of benzene rings is 1. The molecule has 1 heterocycles. The van der Waals surface area contributed by atoms with Gasteiger partial charge in [-0.1, -0.05) is 6.07 Å². The molecule has 21 heavy (non-hydrogen) atoms. The average molecular weight is 285 g/mol. The van der Waals surface area contributed by atoms with Crippen molar-refractivity contribution >= 4 is 12.1 Å². The van der Waals surface area contributed by atoms with E-state index in [4.69, 9.17) is 4.74 Å². The van der Waals surface area contributed by atoms with E-state index in [2.05, 4.69) is 15.5 Å². The van der Waals surface area contributed by atoms with Gasteiger partial charge in [0, 0.05) is 18.0 Å². The quantitative estimate of drug-likeness (QED) is 0.649. The largest absolute Gasteiger partial charge is 0.504 e. The molecule has 0 fully saturated rings. The second kappa shape index (κ2) is 7.04. The molecule has 2 rings (SSSR count). The summed E-state index contributed by atoms with van der Waals surface area (Å²) in [6.07, 6.45) is 4.38. The lowest BCUT2D eigenvalue weighted by Gasteiger charge is -2.07. The summed E-state index contributed by atoms with van der Waals surface area (Å²) in [6.45, 7) is 2.28. The zero-order valence-corrected chi connectivity index (χ0v) is 11.5. The molecule has 0 atom stereocenters. The molecule has 0 bridgehead atoms. The highest BCUT2D eigenvalue weighted by Gasteiger charge is 2.06. The summed E-state index contributed by atoms with van der Waals surface area (Å²) in [5.74, 6) is -0.0152. The van der Waals surface area contributed by atoms with Crippen molar-refractivity contribution in [2.45, 2.75) is 6.92 Å². The number of ether oxygens (including phenoxy) is 1. The van der Waals surface area contributed by atoms with Crippen LogP contribution in [0.15, 0.2) is 47.8 Å². The van der Waals surface area contributed by atoms with Gasteiger partial charge in [-0.25, -0.2) is 5.43 Å². The second-order valence-electron chi connectivity index (χ2n) is 4.07. The van der Waals surface area contributed by atoms with Crippen LogP contribution in [0.2, 0.25) is 0 Å². The van der Waals surface area contributed by atoms with Crippen molar-refractivity contribution in [1.82, 2.24) is 10.4 Å². The molecule has 2 aromatic rings. The minimum atomic E-state index is -0.375. The summed E-state index contributed by atoms with van der Waals surface area (Å²) in [7, 11) is 0. The van der Waals surface area contributed by atoms with E-state index in [0.29, 0.717) is 23.5 Å². The predicted molar refractivity (Wildman–Crippen MR) is 78.6 cm³/mol. The van der Waals surface area contributed by atoms with Crippen LogP contribution >= 0.6 is 0 Å². The molecule has 0 saturated carbocycles. The Kier molecular flexibility index (Phi) is 4.87. The number of carbonyl (C=O) groups excluding carboxylic acids is 1. The number of hydrogen-bond donors (Lipinski definition) is 2. The Morgan fingerprint density at radius 2 is 2.29 bits per heavy atom. The van der Waals surface area contributed by atoms with E-state index in [1.165, 1.54) is 12.4 Å². The highest BCUT2D eigenvalue weighted by atomic mass is 16.5. The van der Waals surface area contributed by atoms with Gasteiger partial charge in [0.1, 0.15) is 0 Å².